The van der Waals surface area contributed by atoms with E-state index in [9.17, 15) is 9.59 Å². The van der Waals surface area contributed by atoms with E-state index in [0.29, 0.717) is 21.5 Å². The third kappa shape index (κ3) is 4.14. The van der Waals surface area contributed by atoms with E-state index in [2.05, 4.69) is 17.2 Å². The fourth-order valence-corrected chi connectivity index (χ4v) is 2.78. The lowest BCUT2D eigenvalue weighted by Gasteiger charge is -2.06. The van der Waals surface area contributed by atoms with Gasteiger partial charge in [-0.25, -0.2) is 4.98 Å². The number of aromatic nitrogens is 1. The van der Waals surface area contributed by atoms with Crippen LogP contribution in [0.25, 0.3) is 0 Å². The quantitative estimate of drug-likeness (QED) is 0.830. The lowest BCUT2D eigenvalue weighted by molar-refractivity contribution is -0.118. The molecule has 1 heterocycles. The van der Waals surface area contributed by atoms with Crippen molar-refractivity contribution in [2.24, 2.45) is 0 Å². The summed E-state index contributed by atoms with van der Waals surface area (Å²) in [5.41, 5.74) is 1.84. The number of thiazole rings is 1. The van der Waals surface area contributed by atoms with Gasteiger partial charge in [-0.15, -0.1) is 0 Å². The highest BCUT2D eigenvalue weighted by atomic mass is 32.1. The number of carbonyl (C=O) groups excluding carboxylic acids is 2. The van der Waals surface area contributed by atoms with E-state index in [1.165, 1.54) is 23.8 Å². The summed E-state index contributed by atoms with van der Waals surface area (Å²) in [5, 5.41) is 3.06. The molecule has 22 heavy (non-hydrogen) atoms. The highest BCUT2D eigenvalue weighted by Crippen LogP contribution is 2.22. The van der Waals surface area contributed by atoms with Crippen LogP contribution in [0.4, 0.5) is 5.13 Å². The first-order chi connectivity index (χ1) is 10.5. The van der Waals surface area contributed by atoms with Crippen molar-refractivity contribution in [1.29, 1.82) is 0 Å². The maximum Gasteiger partial charge on any atom is 0.264 e. The summed E-state index contributed by atoms with van der Waals surface area (Å²) in [6, 6.07) is 7.62. The molecule has 0 aliphatic rings. The van der Waals surface area contributed by atoms with Crippen LogP contribution in [0.15, 0.2) is 24.3 Å². The van der Waals surface area contributed by atoms with Gasteiger partial charge in [-0.3, -0.25) is 14.9 Å². The van der Waals surface area contributed by atoms with Crippen LogP contribution in [0, 0.1) is 6.92 Å². The Morgan fingerprint density at radius 3 is 2.50 bits per heavy atom. The largest absolute Gasteiger partial charge is 0.484 e. The number of nitrogens with zero attached hydrogens (tertiary/aromatic N) is 1. The molecule has 6 heteroatoms. The Kier molecular flexibility index (Phi) is 5.27. The van der Waals surface area contributed by atoms with Crippen LogP contribution in [0.2, 0.25) is 0 Å². The zero-order chi connectivity index (χ0) is 16.1. The first-order valence-corrected chi connectivity index (χ1v) is 7.81. The molecule has 1 amide bonds. The van der Waals surface area contributed by atoms with E-state index in [4.69, 9.17) is 4.74 Å². The molecule has 2 aromatic rings. The lowest BCUT2D eigenvalue weighted by Crippen LogP contribution is -2.20. The first-order valence-electron chi connectivity index (χ1n) is 6.99. The third-order valence-corrected chi connectivity index (χ3v) is 4.24. The van der Waals surface area contributed by atoms with Gasteiger partial charge in [-0.2, -0.15) is 0 Å². The Balaban J connectivity index is 1.89. The smallest absolute Gasteiger partial charge is 0.264 e. The molecule has 0 aliphatic heterocycles. The van der Waals surface area contributed by atoms with E-state index >= 15 is 0 Å². The SMILES string of the molecule is CCc1ccc(OCC(=O)Nc2nc(C)c(C(C)=O)s2)cc1. The molecule has 2 rings (SSSR count). The summed E-state index contributed by atoms with van der Waals surface area (Å²) in [7, 11) is 0. The van der Waals surface area contributed by atoms with Crippen LogP contribution < -0.4 is 10.1 Å². The van der Waals surface area contributed by atoms with E-state index in [-0.39, 0.29) is 18.3 Å². The van der Waals surface area contributed by atoms with Crippen LogP contribution in [0.5, 0.6) is 5.75 Å². The summed E-state index contributed by atoms with van der Waals surface area (Å²) in [6.45, 7) is 5.21. The van der Waals surface area contributed by atoms with Gasteiger partial charge in [-0.1, -0.05) is 30.4 Å². The zero-order valence-corrected chi connectivity index (χ0v) is 13.6. The molecule has 0 bridgehead atoms. The van der Waals surface area contributed by atoms with Crippen LogP contribution in [0.1, 0.15) is 34.8 Å². The number of rotatable bonds is 6. The molecule has 0 atom stereocenters. The summed E-state index contributed by atoms with van der Waals surface area (Å²) < 4.78 is 5.42. The van der Waals surface area contributed by atoms with E-state index < -0.39 is 0 Å². The molecular formula is C16H18N2O3S. The molecule has 116 valence electrons. The van der Waals surface area contributed by atoms with Gasteiger partial charge >= 0.3 is 0 Å². The number of ketones is 1. The summed E-state index contributed by atoms with van der Waals surface area (Å²) in [5.74, 6) is 0.290. The maximum absolute atomic E-state index is 11.8. The molecule has 1 aromatic heterocycles. The van der Waals surface area contributed by atoms with Gasteiger partial charge in [0.25, 0.3) is 5.91 Å². The molecule has 1 N–H and O–H groups in total. The molecular weight excluding hydrogens is 300 g/mol. The second-order valence-electron chi connectivity index (χ2n) is 4.82. The van der Waals surface area contributed by atoms with Crippen LogP contribution in [-0.4, -0.2) is 23.3 Å². The minimum Gasteiger partial charge on any atom is -0.484 e. The monoisotopic (exact) mass is 318 g/mol. The molecule has 0 spiro atoms. The van der Waals surface area contributed by atoms with Gasteiger partial charge in [0.15, 0.2) is 17.5 Å². The normalized spacial score (nSPS) is 10.3. The highest BCUT2D eigenvalue weighted by Gasteiger charge is 2.13. The number of anilines is 1. The highest BCUT2D eigenvalue weighted by molar-refractivity contribution is 7.17. The van der Waals surface area contributed by atoms with Crippen molar-refractivity contribution in [2.45, 2.75) is 27.2 Å². The minimum absolute atomic E-state index is 0.0530. The lowest BCUT2D eigenvalue weighted by atomic mass is 10.2. The Labute approximate surface area is 133 Å². The van der Waals surface area contributed by atoms with E-state index in [0.717, 1.165) is 6.42 Å². The number of nitrogens with one attached hydrogen (secondary N) is 1. The first kappa shape index (κ1) is 16.2. The molecule has 0 fully saturated rings. The van der Waals surface area contributed by atoms with Crippen molar-refractivity contribution in [3.05, 3.63) is 40.4 Å². The number of Topliss-reactive ketones (excluding diaryl/α,β-unsaturated/α-hetero) is 1. The standard InChI is InChI=1S/C16H18N2O3S/c1-4-12-5-7-13(8-6-12)21-9-14(20)18-16-17-10(2)15(22-16)11(3)19/h5-8H,4,9H2,1-3H3,(H,17,18,20). The Morgan fingerprint density at radius 2 is 1.95 bits per heavy atom. The number of carbonyl (C=O) groups is 2. The summed E-state index contributed by atoms with van der Waals surface area (Å²) in [4.78, 5) is 27.9. The molecule has 1 aromatic carbocycles. The van der Waals surface area contributed by atoms with Crippen molar-refractivity contribution >= 4 is 28.2 Å². The molecule has 0 radical (unpaired) electrons. The molecule has 0 aliphatic carbocycles. The van der Waals surface area contributed by atoms with Gasteiger partial charge in [0.2, 0.25) is 0 Å². The molecule has 0 unspecified atom stereocenters. The van der Waals surface area contributed by atoms with E-state index in [1.54, 1.807) is 6.92 Å². The van der Waals surface area contributed by atoms with Crippen molar-refractivity contribution < 1.29 is 14.3 Å². The van der Waals surface area contributed by atoms with Crippen molar-refractivity contribution in [3.63, 3.8) is 0 Å². The topological polar surface area (TPSA) is 68.3 Å². The third-order valence-electron chi connectivity index (χ3n) is 3.06. The number of benzene rings is 1. The van der Waals surface area contributed by atoms with Gasteiger partial charge in [0.05, 0.1) is 10.6 Å². The predicted molar refractivity (Wildman–Crippen MR) is 86.8 cm³/mol. The Hall–Kier alpha value is -2.21. The number of ether oxygens (including phenoxy) is 1. The molecule has 0 saturated carbocycles. The average Bonchev–Trinajstić information content (AvgIpc) is 2.86. The van der Waals surface area contributed by atoms with Gasteiger partial charge in [-0.05, 0) is 31.0 Å². The maximum atomic E-state index is 11.8. The van der Waals surface area contributed by atoms with Crippen LogP contribution >= 0.6 is 11.3 Å². The predicted octanol–water partition coefficient (Wildman–Crippen LogP) is 3.23. The summed E-state index contributed by atoms with van der Waals surface area (Å²) in [6.07, 6.45) is 0.961. The minimum atomic E-state index is -0.302. The van der Waals surface area contributed by atoms with Gasteiger partial charge in [0.1, 0.15) is 5.75 Å². The second kappa shape index (κ2) is 7.17. The number of amides is 1. The Morgan fingerprint density at radius 1 is 1.27 bits per heavy atom. The Bertz CT molecular complexity index is 677. The van der Waals surface area contributed by atoms with Crippen molar-refractivity contribution in [1.82, 2.24) is 4.98 Å². The van der Waals surface area contributed by atoms with Crippen LogP contribution in [-0.2, 0) is 11.2 Å². The van der Waals surface area contributed by atoms with Crippen LogP contribution in [0.3, 0.4) is 0 Å². The number of aryl methyl sites for hydroxylation is 2. The zero-order valence-electron chi connectivity index (χ0n) is 12.8. The second-order valence-corrected chi connectivity index (χ2v) is 5.82. The fourth-order valence-electron chi connectivity index (χ4n) is 1.90. The summed E-state index contributed by atoms with van der Waals surface area (Å²) >= 11 is 1.17. The number of hydrogen-bond donors (Lipinski definition) is 1. The average molecular weight is 318 g/mol. The molecule has 5 nitrogen and oxygen atoms in total. The fraction of sp³-hybridized carbons (Fsp3) is 0.312. The van der Waals surface area contributed by atoms with Crippen molar-refractivity contribution in [3.8, 4) is 5.75 Å². The van der Waals surface area contributed by atoms with E-state index in [1.807, 2.05) is 24.3 Å². The number of hydrogen-bond acceptors (Lipinski definition) is 5. The van der Waals surface area contributed by atoms with Crippen molar-refractivity contribution in [2.75, 3.05) is 11.9 Å². The van der Waals surface area contributed by atoms with Gasteiger partial charge < -0.3 is 4.74 Å². The van der Waals surface area contributed by atoms with Gasteiger partial charge in [0, 0.05) is 6.92 Å². The molecule has 0 saturated heterocycles.